The number of nitrogens with zero attached hydrogens (tertiary/aromatic N) is 2. The van der Waals surface area contributed by atoms with Crippen molar-refractivity contribution in [1.29, 1.82) is 0 Å². The normalized spacial score (nSPS) is 11.1. The van der Waals surface area contributed by atoms with Crippen molar-refractivity contribution in [2.45, 2.75) is 0 Å². The Morgan fingerprint density at radius 3 is 2.78 bits per heavy atom. The monoisotopic (exact) mass is 374 g/mol. The van der Waals surface area contributed by atoms with Crippen molar-refractivity contribution in [2.24, 2.45) is 5.10 Å². The van der Waals surface area contributed by atoms with E-state index < -0.39 is 0 Å². The summed E-state index contributed by atoms with van der Waals surface area (Å²) in [6, 6.07) is 11.5. The number of anilines is 1. The Hall–Kier alpha value is -2.54. The molecule has 0 fully saturated rings. The quantitative estimate of drug-likeness (QED) is 0.526. The summed E-state index contributed by atoms with van der Waals surface area (Å²) in [5.41, 5.74) is 5.49. The van der Waals surface area contributed by atoms with Gasteiger partial charge in [-0.15, -0.1) is 0 Å². The van der Waals surface area contributed by atoms with Crippen LogP contribution in [0.1, 0.15) is 5.56 Å². The van der Waals surface area contributed by atoms with Gasteiger partial charge < -0.3 is 14.5 Å². The van der Waals surface area contributed by atoms with E-state index in [0.29, 0.717) is 17.4 Å². The Labute approximate surface area is 141 Å². The molecule has 0 radical (unpaired) electrons. The predicted octanol–water partition coefficient (Wildman–Crippen LogP) is 3.79. The first-order chi connectivity index (χ1) is 11.2. The molecule has 7 heteroatoms. The van der Waals surface area contributed by atoms with Gasteiger partial charge in [-0.3, -0.25) is 0 Å². The molecule has 0 saturated heterocycles. The van der Waals surface area contributed by atoms with Crippen LogP contribution in [0.3, 0.4) is 0 Å². The number of hydrazone groups is 1. The summed E-state index contributed by atoms with van der Waals surface area (Å²) in [5.74, 6) is 1.82. The fourth-order valence-electron chi connectivity index (χ4n) is 2.22. The zero-order chi connectivity index (χ0) is 16.2. The molecule has 23 heavy (non-hydrogen) atoms. The molecule has 0 spiro atoms. The molecule has 2 aromatic carbocycles. The van der Waals surface area contributed by atoms with Crippen LogP contribution >= 0.6 is 15.9 Å². The van der Waals surface area contributed by atoms with E-state index in [1.807, 2.05) is 36.4 Å². The van der Waals surface area contributed by atoms with E-state index in [9.17, 15) is 0 Å². The molecule has 118 valence electrons. The van der Waals surface area contributed by atoms with Crippen molar-refractivity contribution in [3.63, 3.8) is 0 Å². The lowest BCUT2D eigenvalue weighted by Crippen LogP contribution is -1.98. The number of aromatic nitrogens is 2. The third-order valence-electron chi connectivity index (χ3n) is 3.24. The van der Waals surface area contributed by atoms with E-state index >= 15 is 0 Å². The number of benzene rings is 2. The van der Waals surface area contributed by atoms with Gasteiger partial charge in [0.2, 0.25) is 5.95 Å². The summed E-state index contributed by atoms with van der Waals surface area (Å²) in [4.78, 5) is 7.54. The second-order valence-corrected chi connectivity index (χ2v) is 5.62. The van der Waals surface area contributed by atoms with Crippen LogP contribution in [0.4, 0.5) is 5.95 Å². The minimum absolute atomic E-state index is 0.573. The Kier molecular flexibility index (Phi) is 4.47. The van der Waals surface area contributed by atoms with Crippen LogP contribution in [0.25, 0.3) is 11.0 Å². The molecule has 0 bridgehead atoms. The number of fused-ring (bicyclic) bond motifs is 1. The average Bonchev–Trinajstić information content (AvgIpc) is 2.97. The van der Waals surface area contributed by atoms with Gasteiger partial charge in [0.15, 0.2) is 11.5 Å². The van der Waals surface area contributed by atoms with Crippen molar-refractivity contribution in [3.05, 3.63) is 46.4 Å². The van der Waals surface area contributed by atoms with Gasteiger partial charge in [-0.05, 0) is 24.3 Å². The molecule has 0 atom stereocenters. The number of rotatable bonds is 5. The van der Waals surface area contributed by atoms with Gasteiger partial charge >= 0.3 is 0 Å². The maximum absolute atomic E-state index is 5.38. The summed E-state index contributed by atoms with van der Waals surface area (Å²) >= 11 is 3.44. The summed E-state index contributed by atoms with van der Waals surface area (Å²) < 4.78 is 11.6. The first-order valence-electron chi connectivity index (χ1n) is 6.86. The smallest absolute Gasteiger partial charge is 0.222 e. The molecule has 6 nitrogen and oxygen atoms in total. The fraction of sp³-hybridized carbons (Fsp3) is 0.125. The first kappa shape index (κ1) is 15.4. The molecule has 0 unspecified atom stereocenters. The fourth-order valence-corrected chi connectivity index (χ4v) is 2.68. The highest BCUT2D eigenvalue weighted by Crippen LogP contribution is 2.33. The van der Waals surface area contributed by atoms with Gasteiger partial charge in [0.05, 0.1) is 31.5 Å². The molecule has 3 aromatic rings. The highest BCUT2D eigenvalue weighted by molar-refractivity contribution is 9.10. The SMILES string of the molecule is COc1cc(Br)cc(/C=N\Nc2nc3ccccc3[nH]2)c1OC. The summed E-state index contributed by atoms with van der Waals surface area (Å²) in [7, 11) is 3.19. The molecule has 1 heterocycles. The summed E-state index contributed by atoms with van der Waals surface area (Å²) in [6.45, 7) is 0. The summed E-state index contributed by atoms with van der Waals surface area (Å²) in [5, 5.41) is 4.21. The predicted molar refractivity (Wildman–Crippen MR) is 94.6 cm³/mol. The Balaban J connectivity index is 1.83. The van der Waals surface area contributed by atoms with Crippen molar-refractivity contribution in [1.82, 2.24) is 9.97 Å². The van der Waals surface area contributed by atoms with E-state index in [4.69, 9.17) is 9.47 Å². The number of para-hydroxylation sites is 2. The van der Waals surface area contributed by atoms with Crippen LogP contribution in [0.5, 0.6) is 11.5 Å². The largest absolute Gasteiger partial charge is 0.493 e. The number of imidazole rings is 1. The lowest BCUT2D eigenvalue weighted by molar-refractivity contribution is 0.354. The molecule has 0 aliphatic carbocycles. The number of H-pyrrole nitrogens is 1. The Morgan fingerprint density at radius 2 is 2.04 bits per heavy atom. The topological polar surface area (TPSA) is 71.5 Å². The van der Waals surface area contributed by atoms with E-state index in [1.165, 1.54) is 0 Å². The number of nitrogens with one attached hydrogen (secondary N) is 2. The number of hydrogen-bond acceptors (Lipinski definition) is 5. The maximum atomic E-state index is 5.38. The van der Waals surface area contributed by atoms with Gasteiger partial charge in [0.1, 0.15) is 0 Å². The van der Waals surface area contributed by atoms with Gasteiger partial charge in [-0.2, -0.15) is 5.10 Å². The second kappa shape index (κ2) is 6.70. The van der Waals surface area contributed by atoms with E-state index in [-0.39, 0.29) is 0 Å². The van der Waals surface area contributed by atoms with Crippen molar-refractivity contribution < 1.29 is 9.47 Å². The van der Waals surface area contributed by atoms with E-state index in [1.54, 1.807) is 20.4 Å². The van der Waals surface area contributed by atoms with Crippen molar-refractivity contribution >= 4 is 39.1 Å². The molecule has 0 aliphatic heterocycles. The van der Waals surface area contributed by atoms with Crippen LogP contribution in [0, 0.1) is 0 Å². The van der Waals surface area contributed by atoms with Gasteiger partial charge in [-0.1, -0.05) is 28.1 Å². The Bertz CT molecular complexity index is 827. The lowest BCUT2D eigenvalue weighted by Gasteiger charge is -2.10. The lowest BCUT2D eigenvalue weighted by atomic mass is 10.2. The third-order valence-corrected chi connectivity index (χ3v) is 3.69. The highest BCUT2D eigenvalue weighted by atomic mass is 79.9. The molecule has 0 amide bonds. The van der Waals surface area contributed by atoms with E-state index in [0.717, 1.165) is 21.1 Å². The molecule has 3 rings (SSSR count). The van der Waals surface area contributed by atoms with Crippen LogP contribution in [-0.2, 0) is 0 Å². The number of hydrogen-bond donors (Lipinski definition) is 2. The maximum Gasteiger partial charge on any atom is 0.222 e. The number of ether oxygens (including phenoxy) is 2. The van der Waals surface area contributed by atoms with Gasteiger partial charge in [0.25, 0.3) is 0 Å². The molecule has 2 N–H and O–H groups in total. The van der Waals surface area contributed by atoms with Crippen LogP contribution in [-0.4, -0.2) is 30.4 Å². The molecule has 1 aromatic heterocycles. The van der Waals surface area contributed by atoms with E-state index in [2.05, 4.69) is 36.4 Å². The molecular formula is C16H15BrN4O2. The Morgan fingerprint density at radius 1 is 1.22 bits per heavy atom. The zero-order valence-electron chi connectivity index (χ0n) is 12.6. The minimum Gasteiger partial charge on any atom is -0.493 e. The van der Waals surface area contributed by atoms with Gasteiger partial charge in [-0.25, -0.2) is 10.4 Å². The number of aromatic amines is 1. The molecule has 0 saturated carbocycles. The third kappa shape index (κ3) is 3.29. The van der Waals surface area contributed by atoms with Crippen LogP contribution in [0.15, 0.2) is 46.0 Å². The zero-order valence-corrected chi connectivity index (χ0v) is 14.2. The highest BCUT2D eigenvalue weighted by Gasteiger charge is 2.10. The van der Waals surface area contributed by atoms with Crippen molar-refractivity contribution in [2.75, 3.05) is 19.6 Å². The molecular weight excluding hydrogens is 360 g/mol. The second-order valence-electron chi connectivity index (χ2n) is 4.70. The average molecular weight is 375 g/mol. The van der Waals surface area contributed by atoms with Gasteiger partial charge in [0, 0.05) is 10.0 Å². The minimum atomic E-state index is 0.573. The summed E-state index contributed by atoms with van der Waals surface area (Å²) in [6.07, 6.45) is 1.65. The van der Waals surface area contributed by atoms with Crippen molar-refractivity contribution in [3.8, 4) is 11.5 Å². The number of halogens is 1. The number of methoxy groups -OCH3 is 2. The van der Waals surface area contributed by atoms with Crippen LogP contribution in [0.2, 0.25) is 0 Å². The molecule has 0 aliphatic rings. The standard InChI is InChI=1S/C16H15BrN4O2/c1-22-14-8-11(17)7-10(15(14)23-2)9-18-21-16-19-12-5-3-4-6-13(12)20-16/h3-9H,1-2H3,(H2,19,20,21)/b18-9-. The van der Waals surface area contributed by atoms with Crippen LogP contribution < -0.4 is 14.9 Å². The first-order valence-corrected chi connectivity index (χ1v) is 7.66.